The molecule has 2 amide bonds. The van der Waals surface area contributed by atoms with Gasteiger partial charge in [-0.15, -0.1) is 0 Å². The molecule has 7 heteroatoms. The van der Waals surface area contributed by atoms with Crippen LogP contribution in [0.15, 0.2) is 48.5 Å². The molecule has 0 unspecified atom stereocenters. The Morgan fingerprint density at radius 3 is 2.58 bits per heavy atom. The summed E-state index contributed by atoms with van der Waals surface area (Å²) in [5, 5.41) is 5.85. The number of benzene rings is 2. The molecule has 1 heterocycles. The van der Waals surface area contributed by atoms with Gasteiger partial charge in [0.1, 0.15) is 5.75 Å². The number of amides is 2. The van der Waals surface area contributed by atoms with Gasteiger partial charge in [-0.3, -0.25) is 9.59 Å². The molecule has 2 aromatic carbocycles. The minimum Gasteiger partial charge on any atom is -0.484 e. The van der Waals surface area contributed by atoms with Crippen LogP contribution < -0.4 is 20.3 Å². The zero-order valence-electron chi connectivity index (χ0n) is 18.0. The molecule has 0 bridgehead atoms. The topological polar surface area (TPSA) is 73.9 Å². The van der Waals surface area contributed by atoms with E-state index >= 15 is 0 Å². The van der Waals surface area contributed by atoms with E-state index in [1.54, 1.807) is 12.1 Å². The number of para-hydroxylation sites is 1. The Kier molecular flexibility index (Phi) is 6.72. The number of nitrogens with one attached hydrogen (secondary N) is 2. The van der Waals surface area contributed by atoms with Crippen LogP contribution in [0, 0.1) is 5.92 Å². The minimum atomic E-state index is -0.180. The summed E-state index contributed by atoms with van der Waals surface area (Å²) in [7, 11) is 2.14. The Morgan fingerprint density at radius 2 is 1.81 bits per heavy atom. The SMILES string of the molecule is CN1CCN(c2ccccc2CNC(=O)COc2cccc(NC(=O)C3CC3)c2)CC1. The fraction of sp³-hybridized carbons (Fsp3) is 0.417. The van der Waals surface area contributed by atoms with Crippen LogP contribution in [0.5, 0.6) is 5.75 Å². The lowest BCUT2D eigenvalue weighted by Gasteiger charge is -2.35. The molecule has 1 aliphatic carbocycles. The number of carbonyl (C=O) groups excluding carboxylic acids is 2. The highest BCUT2D eigenvalue weighted by molar-refractivity contribution is 5.94. The van der Waals surface area contributed by atoms with Crippen molar-refractivity contribution in [1.29, 1.82) is 0 Å². The molecule has 0 atom stereocenters. The first kappa shape index (κ1) is 21.2. The van der Waals surface area contributed by atoms with Gasteiger partial charge in [0.05, 0.1) is 0 Å². The number of rotatable bonds is 8. The standard InChI is InChI=1S/C24H30N4O3/c1-27-11-13-28(14-12-27)22-8-3-2-5-19(22)16-25-23(29)17-31-21-7-4-6-20(15-21)26-24(30)18-9-10-18/h2-8,15,18H,9-14,16-17H2,1H3,(H,25,29)(H,26,30). The van der Waals surface area contributed by atoms with Gasteiger partial charge in [-0.2, -0.15) is 0 Å². The van der Waals surface area contributed by atoms with E-state index in [9.17, 15) is 9.59 Å². The second-order valence-corrected chi connectivity index (χ2v) is 8.28. The molecule has 2 aliphatic rings. The van der Waals surface area contributed by atoms with Crippen molar-refractivity contribution >= 4 is 23.2 Å². The van der Waals surface area contributed by atoms with Gasteiger partial charge in [0.2, 0.25) is 5.91 Å². The van der Waals surface area contributed by atoms with E-state index < -0.39 is 0 Å². The van der Waals surface area contributed by atoms with Crippen LogP contribution in [0.3, 0.4) is 0 Å². The first-order valence-electron chi connectivity index (χ1n) is 10.9. The van der Waals surface area contributed by atoms with Crippen molar-refractivity contribution in [3.63, 3.8) is 0 Å². The predicted molar refractivity (Wildman–Crippen MR) is 121 cm³/mol. The number of nitrogens with zero attached hydrogens (tertiary/aromatic N) is 2. The Bertz CT molecular complexity index is 921. The van der Waals surface area contributed by atoms with E-state index in [2.05, 4.69) is 39.6 Å². The second-order valence-electron chi connectivity index (χ2n) is 8.28. The first-order chi connectivity index (χ1) is 15.1. The third kappa shape index (κ3) is 5.98. The summed E-state index contributed by atoms with van der Waals surface area (Å²) >= 11 is 0. The molecule has 0 aromatic heterocycles. The number of hydrogen-bond donors (Lipinski definition) is 2. The molecule has 1 aliphatic heterocycles. The van der Waals surface area contributed by atoms with E-state index in [0.29, 0.717) is 18.0 Å². The third-order valence-electron chi connectivity index (χ3n) is 5.73. The quantitative estimate of drug-likeness (QED) is 0.684. The zero-order chi connectivity index (χ0) is 21.6. The zero-order valence-corrected chi connectivity index (χ0v) is 18.0. The fourth-order valence-corrected chi connectivity index (χ4v) is 3.66. The van der Waals surface area contributed by atoms with E-state index in [1.807, 2.05) is 24.3 Å². The van der Waals surface area contributed by atoms with Gasteiger partial charge in [-0.25, -0.2) is 0 Å². The number of piperazine rings is 1. The molecular weight excluding hydrogens is 392 g/mol. The van der Waals surface area contributed by atoms with Crippen LogP contribution in [0.4, 0.5) is 11.4 Å². The summed E-state index contributed by atoms with van der Waals surface area (Å²) in [4.78, 5) is 29.0. The Balaban J connectivity index is 1.27. The fourth-order valence-electron chi connectivity index (χ4n) is 3.66. The van der Waals surface area contributed by atoms with Gasteiger partial charge in [0, 0.05) is 56.1 Å². The number of likely N-dealkylation sites (N-methyl/N-ethyl adjacent to an activating group) is 1. The normalized spacial score (nSPS) is 16.6. The van der Waals surface area contributed by atoms with E-state index in [4.69, 9.17) is 4.74 Å². The van der Waals surface area contributed by atoms with Gasteiger partial charge < -0.3 is 25.2 Å². The molecule has 4 rings (SSSR count). The molecule has 0 radical (unpaired) electrons. The van der Waals surface area contributed by atoms with Crippen molar-refractivity contribution in [1.82, 2.24) is 10.2 Å². The van der Waals surface area contributed by atoms with Crippen LogP contribution in [0.25, 0.3) is 0 Å². The summed E-state index contributed by atoms with van der Waals surface area (Å²) in [5.74, 6) is 0.570. The number of ether oxygens (including phenoxy) is 1. The summed E-state index contributed by atoms with van der Waals surface area (Å²) < 4.78 is 5.63. The molecule has 31 heavy (non-hydrogen) atoms. The highest BCUT2D eigenvalue weighted by atomic mass is 16.5. The van der Waals surface area contributed by atoms with Crippen LogP contribution in [0.1, 0.15) is 18.4 Å². The van der Waals surface area contributed by atoms with Crippen molar-refractivity contribution in [2.24, 2.45) is 5.92 Å². The van der Waals surface area contributed by atoms with Crippen LogP contribution >= 0.6 is 0 Å². The Labute approximate surface area is 183 Å². The highest BCUT2D eigenvalue weighted by Crippen LogP contribution is 2.30. The van der Waals surface area contributed by atoms with Crippen molar-refractivity contribution in [3.8, 4) is 5.75 Å². The number of carbonyl (C=O) groups is 2. The van der Waals surface area contributed by atoms with Crippen LogP contribution in [-0.4, -0.2) is 56.5 Å². The Hall–Kier alpha value is -3.06. The van der Waals surface area contributed by atoms with Crippen molar-refractivity contribution < 1.29 is 14.3 Å². The van der Waals surface area contributed by atoms with Crippen molar-refractivity contribution in [2.75, 3.05) is 50.1 Å². The first-order valence-corrected chi connectivity index (χ1v) is 10.9. The van der Waals surface area contributed by atoms with Crippen molar-refractivity contribution in [2.45, 2.75) is 19.4 Å². The van der Waals surface area contributed by atoms with E-state index in [0.717, 1.165) is 44.6 Å². The number of anilines is 2. The van der Waals surface area contributed by atoms with Crippen molar-refractivity contribution in [3.05, 3.63) is 54.1 Å². The largest absolute Gasteiger partial charge is 0.484 e. The second kappa shape index (κ2) is 9.83. The minimum absolute atomic E-state index is 0.0499. The lowest BCUT2D eigenvalue weighted by Crippen LogP contribution is -2.45. The Morgan fingerprint density at radius 1 is 1.03 bits per heavy atom. The van der Waals surface area contributed by atoms with Gasteiger partial charge in [-0.1, -0.05) is 24.3 Å². The third-order valence-corrected chi connectivity index (χ3v) is 5.73. The molecule has 7 nitrogen and oxygen atoms in total. The average Bonchev–Trinajstić information content (AvgIpc) is 3.63. The maximum Gasteiger partial charge on any atom is 0.258 e. The molecule has 2 N–H and O–H groups in total. The lowest BCUT2D eigenvalue weighted by atomic mass is 10.1. The average molecular weight is 423 g/mol. The lowest BCUT2D eigenvalue weighted by molar-refractivity contribution is -0.123. The summed E-state index contributed by atoms with van der Waals surface area (Å²) in [6.07, 6.45) is 1.92. The molecular formula is C24H30N4O3. The maximum absolute atomic E-state index is 12.4. The molecule has 2 aromatic rings. The maximum atomic E-state index is 12.4. The van der Waals surface area contributed by atoms with E-state index in [-0.39, 0.29) is 24.3 Å². The molecule has 1 saturated carbocycles. The smallest absolute Gasteiger partial charge is 0.258 e. The van der Waals surface area contributed by atoms with Crippen LogP contribution in [-0.2, 0) is 16.1 Å². The molecule has 0 spiro atoms. The highest BCUT2D eigenvalue weighted by Gasteiger charge is 2.29. The molecule has 1 saturated heterocycles. The van der Waals surface area contributed by atoms with Gasteiger partial charge in [0.15, 0.2) is 6.61 Å². The van der Waals surface area contributed by atoms with Crippen LogP contribution in [0.2, 0.25) is 0 Å². The molecule has 2 fully saturated rings. The molecule has 164 valence electrons. The summed E-state index contributed by atoms with van der Waals surface area (Å²) in [6.45, 7) is 4.43. The predicted octanol–water partition coefficient (Wildman–Crippen LogP) is 2.48. The van der Waals surface area contributed by atoms with Gasteiger partial charge in [-0.05, 0) is 43.7 Å². The summed E-state index contributed by atoms with van der Waals surface area (Å²) in [6, 6.07) is 15.4. The van der Waals surface area contributed by atoms with Gasteiger partial charge in [0.25, 0.3) is 5.91 Å². The van der Waals surface area contributed by atoms with Gasteiger partial charge >= 0.3 is 0 Å². The number of hydrogen-bond acceptors (Lipinski definition) is 5. The summed E-state index contributed by atoms with van der Waals surface area (Å²) in [5.41, 5.74) is 2.97. The monoisotopic (exact) mass is 422 g/mol. The van der Waals surface area contributed by atoms with E-state index in [1.165, 1.54) is 5.69 Å².